The summed E-state index contributed by atoms with van der Waals surface area (Å²) in [6.45, 7) is 5.58. The number of nitrogens with one attached hydrogen (secondary N) is 1. The second-order valence-electron chi connectivity index (χ2n) is 10.3. The van der Waals surface area contributed by atoms with Crippen LogP contribution in [-0.2, 0) is 32.6 Å². The molecule has 40 heavy (non-hydrogen) atoms. The zero-order valence-corrected chi connectivity index (χ0v) is 24.3. The molecule has 0 bridgehead atoms. The quantitative estimate of drug-likeness (QED) is 0.320. The van der Waals surface area contributed by atoms with Crippen molar-refractivity contribution in [3.05, 3.63) is 101 Å². The van der Waals surface area contributed by atoms with E-state index >= 15 is 0 Å². The van der Waals surface area contributed by atoms with E-state index in [2.05, 4.69) is 5.32 Å². The highest BCUT2D eigenvalue weighted by molar-refractivity contribution is 7.92. The molecule has 0 saturated carbocycles. The van der Waals surface area contributed by atoms with E-state index in [1.807, 2.05) is 63.2 Å². The average Bonchev–Trinajstić information content (AvgIpc) is 2.89. The predicted octanol–water partition coefficient (Wildman–Crippen LogP) is 4.85. The van der Waals surface area contributed by atoms with E-state index in [1.165, 1.54) is 15.3 Å². The summed E-state index contributed by atoms with van der Waals surface area (Å²) in [5.41, 5.74) is 2.67. The second kappa shape index (κ2) is 14.1. The van der Waals surface area contributed by atoms with Crippen molar-refractivity contribution in [2.24, 2.45) is 0 Å². The fourth-order valence-electron chi connectivity index (χ4n) is 4.46. The normalized spacial score (nSPS) is 12.2. The summed E-state index contributed by atoms with van der Waals surface area (Å²) in [5.74, 6) is -1.16. The molecule has 0 aromatic heterocycles. The van der Waals surface area contributed by atoms with Gasteiger partial charge in [0.1, 0.15) is 11.9 Å². The number of carbonyl (C=O) groups is 2. The zero-order valence-electron chi connectivity index (χ0n) is 23.5. The van der Waals surface area contributed by atoms with Crippen LogP contribution >= 0.6 is 0 Å². The number of hydrogen-bond donors (Lipinski definition) is 1. The minimum Gasteiger partial charge on any atom is -0.352 e. The van der Waals surface area contributed by atoms with Crippen LogP contribution in [0.5, 0.6) is 0 Å². The number of aryl methyl sites for hydroxylation is 1. The Hall–Kier alpha value is -3.72. The number of carbonyl (C=O) groups excluding carboxylic acids is 2. The Morgan fingerprint density at radius 2 is 1.55 bits per heavy atom. The highest BCUT2D eigenvalue weighted by Gasteiger charge is 2.31. The van der Waals surface area contributed by atoms with E-state index < -0.39 is 21.9 Å². The monoisotopic (exact) mass is 567 g/mol. The van der Waals surface area contributed by atoms with E-state index in [0.29, 0.717) is 11.3 Å². The van der Waals surface area contributed by atoms with Crippen molar-refractivity contribution in [1.82, 2.24) is 10.2 Å². The van der Waals surface area contributed by atoms with Gasteiger partial charge in [0.15, 0.2) is 0 Å². The van der Waals surface area contributed by atoms with Crippen LogP contribution in [0.25, 0.3) is 0 Å². The molecule has 7 nitrogen and oxygen atoms in total. The highest BCUT2D eigenvalue weighted by Crippen LogP contribution is 2.21. The van der Waals surface area contributed by atoms with Gasteiger partial charge in [0.05, 0.1) is 11.9 Å². The maximum atomic E-state index is 14.7. The maximum absolute atomic E-state index is 14.7. The predicted molar refractivity (Wildman–Crippen MR) is 157 cm³/mol. The summed E-state index contributed by atoms with van der Waals surface area (Å²) < 4.78 is 41.1. The van der Waals surface area contributed by atoms with Crippen LogP contribution in [0.2, 0.25) is 0 Å². The van der Waals surface area contributed by atoms with Gasteiger partial charge in [0, 0.05) is 37.5 Å². The van der Waals surface area contributed by atoms with Gasteiger partial charge < -0.3 is 10.2 Å². The molecule has 1 N–H and O–H groups in total. The SMILES string of the molecule is Cc1ccc(N(CCCC(=O)N(Cc2ccccc2F)[C@@H](Cc2ccccc2)C(=O)NC(C)C)S(C)(=O)=O)cc1. The van der Waals surface area contributed by atoms with Gasteiger partial charge in [-0.15, -0.1) is 0 Å². The molecule has 0 aliphatic carbocycles. The summed E-state index contributed by atoms with van der Waals surface area (Å²) in [4.78, 5) is 28.6. The first kappa shape index (κ1) is 30.8. The Bertz CT molecular complexity index is 1380. The number of rotatable bonds is 13. The topological polar surface area (TPSA) is 86.8 Å². The van der Waals surface area contributed by atoms with Crippen LogP contribution in [0, 0.1) is 12.7 Å². The Balaban J connectivity index is 1.88. The van der Waals surface area contributed by atoms with Gasteiger partial charge in [0.25, 0.3) is 0 Å². The zero-order chi connectivity index (χ0) is 29.3. The number of halogens is 1. The van der Waals surface area contributed by atoms with Crippen molar-refractivity contribution >= 4 is 27.5 Å². The lowest BCUT2D eigenvalue weighted by molar-refractivity contribution is -0.141. The maximum Gasteiger partial charge on any atom is 0.243 e. The fraction of sp³-hybridized carbons (Fsp3) is 0.355. The van der Waals surface area contributed by atoms with Crippen LogP contribution in [0.3, 0.4) is 0 Å². The molecule has 0 aliphatic heterocycles. The molecule has 3 aromatic rings. The summed E-state index contributed by atoms with van der Waals surface area (Å²) in [6.07, 6.45) is 1.58. The molecular formula is C31H38FN3O4S. The minimum atomic E-state index is -3.59. The lowest BCUT2D eigenvalue weighted by Gasteiger charge is -2.32. The molecule has 2 amide bonds. The minimum absolute atomic E-state index is 0.0212. The number of hydrogen-bond acceptors (Lipinski definition) is 4. The molecule has 1 atom stereocenters. The van der Waals surface area contributed by atoms with Gasteiger partial charge in [-0.25, -0.2) is 12.8 Å². The average molecular weight is 568 g/mol. The Kier molecular flexibility index (Phi) is 10.8. The van der Waals surface area contributed by atoms with Crippen LogP contribution in [-0.4, -0.2) is 50.0 Å². The first-order valence-electron chi connectivity index (χ1n) is 13.4. The van der Waals surface area contributed by atoms with Crippen LogP contribution in [0.15, 0.2) is 78.9 Å². The molecule has 3 rings (SSSR count). The lowest BCUT2D eigenvalue weighted by Crippen LogP contribution is -2.52. The Morgan fingerprint density at radius 1 is 0.925 bits per heavy atom. The molecule has 214 valence electrons. The van der Waals surface area contributed by atoms with Crippen molar-refractivity contribution in [1.29, 1.82) is 0 Å². The number of benzene rings is 3. The molecule has 0 aliphatic rings. The van der Waals surface area contributed by atoms with E-state index in [-0.39, 0.29) is 50.2 Å². The molecule has 9 heteroatoms. The van der Waals surface area contributed by atoms with Crippen molar-refractivity contribution in [2.75, 3.05) is 17.1 Å². The first-order valence-corrected chi connectivity index (χ1v) is 15.2. The highest BCUT2D eigenvalue weighted by atomic mass is 32.2. The standard InChI is InChI=1S/C31H38FN3O4S/c1-23(2)33-31(37)29(21-25-11-6-5-7-12-25)34(22-26-13-8-9-14-28(26)32)30(36)15-10-20-35(40(4,38)39)27-18-16-24(3)17-19-27/h5-9,11-14,16-19,23,29H,10,15,20-22H2,1-4H3,(H,33,37)/t29-/m0/s1. The first-order chi connectivity index (χ1) is 19.0. The van der Waals surface area contributed by atoms with E-state index in [0.717, 1.165) is 17.4 Å². The van der Waals surface area contributed by atoms with E-state index in [9.17, 15) is 22.4 Å². The summed E-state index contributed by atoms with van der Waals surface area (Å²) in [5, 5.41) is 2.90. The third kappa shape index (κ3) is 8.91. The van der Waals surface area contributed by atoms with Crippen molar-refractivity contribution in [2.45, 2.75) is 58.7 Å². The smallest absolute Gasteiger partial charge is 0.243 e. The van der Waals surface area contributed by atoms with Crippen LogP contribution in [0.4, 0.5) is 10.1 Å². The summed E-state index contributed by atoms with van der Waals surface area (Å²) >= 11 is 0. The molecule has 0 radical (unpaired) electrons. The fourth-order valence-corrected chi connectivity index (χ4v) is 5.43. The van der Waals surface area contributed by atoms with Crippen LogP contribution in [0.1, 0.15) is 43.4 Å². The largest absolute Gasteiger partial charge is 0.352 e. The molecule has 0 spiro atoms. The third-order valence-corrected chi connectivity index (χ3v) is 7.67. The van der Waals surface area contributed by atoms with Crippen molar-refractivity contribution < 1.29 is 22.4 Å². The summed E-state index contributed by atoms with van der Waals surface area (Å²) in [6, 6.07) is 21.6. The lowest BCUT2D eigenvalue weighted by atomic mass is 10.0. The summed E-state index contributed by atoms with van der Waals surface area (Å²) in [7, 11) is -3.59. The third-order valence-electron chi connectivity index (χ3n) is 6.47. The number of nitrogens with zero attached hydrogens (tertiary/aromatic N) is 2. The van der Waals surface area contributed by atoms with Crippen LogP contribution < -0.4 is 9.62 Å². The molecule has 3 aromatic carbocycles. The number of anilines is 1. The van der Waals surface area contributed by atoms with Gasteiger partial charge >= 0.3 is 0 Å². The Morgan fingerprint density at radius 3 is 2.15 bits per heavy atom. The molecule has 0 saturated heterocycles. The van der Waals surface area contributed by atoms with Gasteiger partial charge in [-0.1, -0.05) is 66.2 Å². The molecule has 0 fully saturated rings. The van der Waals surface area contributed by atoms with Gasteiger partial charge in [-0.2, -0.15) is 0 Å². The van der Waals surface area contributed by atoms with Gasteiger partial charge in [0.2, 0.25) is 21.8 Å². The number of sulfonamides is 1. The molecule has 0 unspecified atom stereocenters. The van der Waals surface area contributed by atoms with Crippen molar-refractivity contribution in [3.8, 4) is 0 Å². The van der Waals surface area contributed by atoms with Gasteiger partial charge in [-0.3, -0.25) is 13.9 Å². The molecule has 0 heterocycles. The van der Waals surface area contributed by atoms with E-state index in [4.69, 9.17) is 0 Å². The second-order valence-corrected chi connectivity index (χ2v) is 12.2. The Labute approximate surface area is 237 Å². The van der Waals surface area contributed by atoms with E-state index in [1.54, 1.807) is 30.3 Å². The van der Waals surface area contributed by atoms with Gasteiger partial charge in [-0.05, 0) is 51.0 Å². The molecular weight excluding hydrogens is 529 g/mol. The number of amides is 2. The van der Waals surface area contributed by atoms with Crippen molar-refractivity contribution in [3.63, 3.8) is 0 Å².